The molecule has 0 radical (unpaired) electrons. The van der Waals surface area contributed by atoms with Crippen molar-refractivity contribution in [1.82, 2.24) is 5.32 Å². The number of carbonyl (C=O) groups is 2. The van der Waals surface area contributed by atoms with Crippen LogP contribution in [0.1, 0.15) is 6.42 Å². The third-order valence-corrected chi connectivity index (χ3v) is 3.31. The van der Waals surface area contributed by atoms with Crippen molar-refractivity contribution in [3.05, 3.63) is 0 Å². The first-order chi connectivity index (χ1) is 10.2. The second-order valence-electron chi connectivity index (χ2n) is 4.94. The maximum absolute atomic E-state index is 11.2. The number of hydrogen-bond donors (Lipinski definition) is 8. The fourth-order valence-electron chi connectivity index (χ4n) is 2.13. The Bertz CT molecular complexity index is 418. The standard InChI is InChI=1S/C11H19NO10/c13-2-5(16)8(18)9-7(12-6(17)3-14)4(15)1-11(21,22-9)10(19)20/h4-5,7-9,13-16,18,21H,1-3H2,(H,12,17)(H,19,20)/t4-,5+,7+,8+,9-,11?/m0/s1. The van der Waals surface area contributed by atoms with Crippen LogP contribution in [0.4, 0.5) is 0 Å². The lowest BCUT2D eigenvalue weighted by atomic mass is 9.88. The van der Waals surface area contributed by atoms with Gasteiger partial charge in [-0.3, -0.25) is 4.79 Å². The van der Waals surface area contributed by atoms with E-state index < -0.39 is 67.8 Å². The van der Waals surface area contributed by atoms with Crippen LogP contribution in [0.25, 0.3) is 0 Å². The van der Waals surface area contributed by atoms with E-state index in [4.69, 9.17) is 20.1 Å². The lowest BCUT2D eigenvalue weighted by Gasteiger charge is -2.44. The highest BCUT2D eigenvalue weighted by molar-refractivity contribution is 5.78. The summed E-state index contributed by atoms with van der Waals surface area (Å²) in [5.41, 5.74) is 0. The van der Waals surface area contributed by atoms with Crippen molar-refractivity contribution in [2.24, 2.45) is 0 Å². The van der Waals surface area contributed by atoms with Gasteiger partial charge in [0.25, 0.3) is 5.79 Å². The summed E-state index contributed by atoms with van der Waals surface area (Å²) in [7, 11) is 0. The van der Waals surface area contributed by atoms with E-state index in [9.17, 15) is 30.0 Å². The number of hydrogen-bond acceptors (Lipinski definition) is 9. The molecule has 1 saturated heterocycles. The molecule has 22 heavy (non-hydrogen) atoms. The number of ether oxygens (including phenoxy) is 1. The maximum atomic E-state index is 11.2. The molecule has 0 aliphatic carbocycles. The minimum absolute atomic E-state index is 0.822. The lowest BCUT2D eigenvalue weighted by molar-refractivity contribution is -0.295. The van der Waals surface area contributed by atoms with E-state index in [2.05, 4.69) is 5.32 Å². The van der Waals surface area contributed by atoms with Crippen molar-refractivity contribution in [3.63, 3.8) is 0 Å². The van der Waals surface area contributed by atoms with E-state index in [0.717, 1.165) is 0 Å². The predicted molar refractivity (Wildman–Crippen MR) is 66.2 cm³/mol. The van der Waals surface area contributed by atoms with Crippen LogP contribution in [0.15, 0.2) is 0 Å². The molecule has 1 unspecified atom stereocenters. The summed E-state index contributed by atoms with van der Waals surface area (Å²) < 4.78 is 4.83. The van der Waals surface area contributed by atoms with E-state index >= 15 is 0 Å². The van der Waals surface area contributed by atoms with Crippen LogP contribution in [0.2, 0.25) is 0 Å². The molecule has 1 rings (SSSR count). The molecule has 0 aromatic rings. The van der Waals surface area contributed by atoms with Crippen LogP contribution < -0.4 is 5.32 Å². The Morgan fingerprint density at radius 2 is 1.91 bits per heavy atom. The number of aliphatic hydroxyl groups excluding tert-OH is 5. The number of aliphatic carboxylic acids is 1. The molecule has 0 aromatic heterocycles. The lowest BCUT2D eigenvalue weighted by Crippen LogP contribution is -2.67. The quantitative estimate of drug-likeness (QED) is 0.234. The minimum atomic E-state index is -2.85. The Balaban J connectivity index is 3.07. The summed E-state index contributed by atoms with van der Waals surface area (Å²) in [6.45, 7) is -1.86. The van der Waals surface area contributed by atoms with Crippen molar-refractivity contribution in [1.29, 1.82) is 0 Å². The number of amides is 1. The van der Waals surface area contributed by atoms with Crippen molar-refractivity contribution in [2.45, 2.75) is 42.7 Å². The van der Waals surface area contributed by atoms with Crippen molar-refractivity contribution in [2.75, 3.05) is 13.2 Å². The Kier molecular flexibility index (Phi) is 6.19. The number of rotatable bonds is 6. The van der Waals surface area contributed by atoms with Gasteiger partial charge in [-0.1, -0.05) is 0 Å². The fraction of sp³-hybridized carbons (Fsp3) is 0.818. The molecule has 11 heteroatoms. The van der Waals surface area contributed by atoms with E-state index in [1.807, 2.05) is 0 Å². The Morgan fingerprint density at radius 1 is 1.32 bits per heavy atom. The molecule has 1 amide bonds. The van der Waals surface area contributed by atoms with Crippen LogP contribution in [-0.4, -0.2) is 97.1 Å². The van der Waals surface area contributed by atoms with E-state index in [1.54, 1.807) is 0 Å². The van der Waals surface area contributed by atoms with Crippen LogP contribution in [0.3, 0.4) is 0 Å². The highest BCUT2D eigenvalue weighted by atomic mass is 16.7. The summed E-state index contributed by atoms with van der Waals surface area (Å²) in [5.74, 6) is -5.64. The summed E-state index contributed by atoms with van der Waals surface area (Å²) in [5, 5.41) is 67.5. The molecule has 1 aliphatic rings. The predicted octanol–water partition coefficient (Wildman–Crippen LogP) is -4.90. The molecule has 1 heterocycles. The molecular formula is C11H19NO10. The molecule has 0 saturated carbocycles. The van der Waals surface area contributed by atoms with Gasteiger partial charge in [-0.05, 0) is 0 Å². The number of carboxylic acids is 1. The highest BCUT2D eigenvalue weighted by Gasteiger charge is 2.53. The number of aliphatic hydroxyl groups is 6. The zero-order valence-electron chi connectivity index (χ0n) is 11.4. The fourth-order valence-corrected chi connectivity index (χ4v) is 2.13. The molecular weight excluding hydrogens is 306 g/mol. The first-order valence-corrected chi connectivity index (χ1v) is 6.35. The van der Waals surface area contributed by atoms with Gasteiger partial charge in [-0.2, -0.15) is 0 Å². The average Bonchev–Trinajstić information content (AvgIpc) is 2.47. The Morgan fingerprint density at radius 3 is 2.36 bits per heavy atom. The Hall–Kier alpha value is -1.34. The average molecular weight is 325 g/mol. The van der Waals surface area contributed by atoms with Crippen molar-refractivity contribution < 1.29 is 50.1 Å². The van der Waals surface area contributed by atoms with Crippen LogP contribution in [-0.2, 0) is 14.3 Å². The normalized spacial score (nSPS) is 34.7. The van der Waals surface area contributed by atoms with Gasteiger partial charge in [0.15, 0.2) is 0 Å². The summed E-state index contributed by atoms with van der Waals surface area (Å²) in [4.78, 5) is 22.2. The zero-order chi connectivity index (χ0) is 17.1. The van der Waals surface area contributed by atoms with Gasteiger partial charge in [0.1, 0.15) is 24.9 Å². The number of carbonyl (C=O) groups excluding carboxylic acids is 1. The van der Waals surface area contributed by atoms with Gasteiger partial charge in [0.2, 0.25) is 5.91 Å². The molecule has 1 fully saturated rings. The second-order valence-corrected chi connectivity index (χ2v) is 4.94. The summed E-state index contributed by atoms with van der Waals surface area (Å²) in [6.07, 6.45) is -7.92. The van der Waals surface area contributed by atoms with Gasteiger partial charge in [0.05, 0.1) is 18.8 Å². The largest absolute Gasteiger partial charge is 0.477 e. The monoisotopic (exact) mass is 325 g/mol. The van der Waals surface area contributed by atoms with Gasteiger partial charge in [-0.25, -0.2) is 4.79 Å². The highest BCUT2D eigenvalue weighted by Crippen LogP contribution is 2.30. The third kappa shape index (κ3) is 3.89. The number of carboxylic acid groups (broad SMARTS) is 1. The third-order valence-electron chi connectivity index (χ3n) is 3.31. The van der Waals surface area contributed by atoms with Crippen LogP contribution in [0.5, 0.6) is 0 Å². The molecule has 11 nitrogen and oxygen atoms in total. The summed E-state index contributed by atoms with van der Waals surface area (Å²) in [6, 6.07) is -1.42. The summed E-state index contributed by atoms with van der Waals surface area (Å²) >= 11 is 0. The van der Waals surface area contributed by atoms with E-state index in [1.165, 1.54) is 0 Å². The first-order valence-electron chi connectivity index (χ1n) is 6.35. The number of nitrogens with one attached hydrogen (secondary N) is 1. The van der Waals surface area contributed by atoms with Crippen molar-refractivity contribution >= 4 is 11.9 Å². The molecule has 128 valence electrons. The SMILES string of the molecule is O=C(CO)N[C@H]1[C@@H]([C@H](O)[C@H](O)CO)OC(O)(C(=O)O)C[C@@H]1O. The molecule has 6 atom stereocenters. The molecule has 0 spiro atoms. The van der Waals surface area contributed by atoms with Crippen LogP contribution in [0, 0.1) is 0 Å². The van der Waals surface area contributed by atoms with E-state index in [-0.39, 0.29) is 0 Å². The van der Waals surface area contributed by atoms with Gasteiger partial charge >= 0.3 is 5.97 Å². The molecule has 0 bridgehead atoms. The minimum Gasteiger partial charge on any atom is -0.477 e. The Labute approximate surface area is 124 Å². The van der Waals surface area contributed by atoms with Crippen LogP contribution >= 0.6 is 0 Å². The molecule has 1 aliphatic heterocycles. The van der Waals surface area contributed by atoms with E-state index in [0.29, 0.717) is 0 Å². The first kappa shape index (κ1) is 18.7. The van der Waals surface area contributed by atoms with Crippen molar-refractivity contribution in [3.8, 4) is 0 Å². The van der Waals surface area contributed by atoms with Gasteiger partial charge in [0, 0.05) is 6.42 Å². The van der Waals surface area contributed by atoms with Gasteiger partial charge in [-0.15, -0.1) is 0 Å². The van der Waals surface area contributed by atoms with Gasteiger partial charge < -0.3 is 45.8 Å². The second kappa shape index (κ2) is 7.28. The topological polar surface area (TPSA) is 197 Å². The molecule has 8 N–H and O–H groups in total. The zero-order valence-corrected chi connectivity index (χ0v) is 11.4. The maximum Gasteiger partial charge on any atom is 0.364 e. The molecule has 0 aromatic carbocycles. The smallest absolute Gasteiger partial charge is 0.364 e.